The van der Waals surface area contributed by atoms with Crippen LogP contribution in [0.2, 0.25) is 0 Å². The molecule has 0 atom stereocenters. The Morgan fingerprint density at radius 2 is 1.94 bits per heavy atom. The second-order valence-corrected chi connectivity index (χ2v) is 7.99. The van der Waals surface area contributed by atoms with Crippen molar-refractivity contribution in [3.63, 3.8) is 0 Å². The Kier molecular flexibility index (Phi) is 8.64. The molecular formula is C24H33FN4O2. The zero-order valence-corrected chi connectivity index (χ0v) is 18.5. The topological polar surface area (TPSA) is 67.8 Å². The summed E-state index contributed by atoms with van der Waals surface area (Å²) in [5.74, 6) is 1.50. The zero-order valence-electron chi connectivity index (χ0n) is 18.5. The van der Waals surface area contributed by atoms with Crippen LogP contribution in [0, 0.1) is 11.2 Å². The van der Waals surface area contributed by atoms with Crippen LogP contribution < -0.4 is 15.4 Å². The molecule has 1 aliphatic rings. The van der Waals surface area contributed by atoms with Crippen LogP contribution in [0.1, 0.15) is 44.6 Å². The molecule has 1 aliphatic carbocycles. The van der Waals surface area contributed by atoms with Gasteiger partial charge in [-0.15, -0.1) is 0 Å². The molecule has 1 aromatic carbocycles. The highest BCUT2D eigenvalue weighted by molar-refractivity contribution is 5.79. The molecule has 0 radical (unpaired) electrons. The third kappa shape index (κ3) is 7.21. The average molecular weight is 429 g/mol. The van der Waals surface area contributed by atoms with Gasteiger partial charge in [-0.05, 0) is 67.5 Å². The molecule has 7 heteroatoms. The Bertz CT molecular complexity index is 836. The van der Waals surface area contributed by atoms with Gasteiger partial charge in [0.05, 0.1) is 0 Å². The van der Waals surface area contributed by atoms with E-state index in [2.05, 4.69) is 20.6 Å². The van der Waals surface area contributed by atoms with E-state index in [0.29, 0.717) is 23.6 Å². The minimum absolute atomic E-state index is 0.291. The van der Waals surface area contributed by atoms with Crippen molar-refractivity contribution in [1.82, 2.24) is 15.6 Å². The number of nitrogens with zero attached hydrogens (tertiary/aromatic N) is 2. The van der Waals surface area contributed by atoms with E-state index in [9.17, 15) is 4.39 Å². The highest BCUT2D eigenvalue weighted by Crippen LogP contribution is 2.40. The normalized spacial score (nSPS) is 15.6. The smallest absolute Gasteiger partial charge is 0.219 e. The Morgan fingerprint density at radius 3 is 2.65 bits per heavy atom. The first kappa shape index (κ1) is 23.0. The summed E-state index contributed by atoms with van der Waals surface area (Å²) in [5.41, 5.74) is 1.31. The summed E-state index contributed by atoms with van der Waals surface area (Å²) < 4.78 is 24.4. The van der Waals surface area contributed by atoms with Gasteiger partial charge in [-0.25, -0.2) is 9.37 Å². The summed E-state index contributed by atoms with van der Waals surface area (Å²) in [6.07, 6.45) is 7.82. The Labute approximate surface area is 184 Å². The molecular weight excluding hydrogens is 395 g/mol. The molecule has 0 amide bonds. The Balaban J connectivity index is 1.51. The molecule has 1 heterocycles. The lowest BCUT2D eigenvalue weighted by Gasteiger charge is -2.30. The lowest BCUT2D eigenvalue weighted by Crippen LogP contribution is -2.43. The summed E-state index contributed by atoms with van der Waals surface area (Å²) >= 11 is 0. The fourth-order valence-electron chi connectivity index (χ4n) is 3.99. The van der Waals surface area contributed by atoms with Gasteiger partial charge in [0.2, 0.25) is 5.88 Å². The van der Waals surface area contributed by atoms with Gasteiger partial charge in [0.25, 0.3) is 0 Å². The molecule has 31 heavy (non-hydrogen) atoms. The number of guanidine groups is 1. The molecule has 6 nitrogen and oxygen atoms in total. The van der Waals surface area contributed by atoms with E-state index >= 15 is 0 Å². The van der Waals surface area contributed by atoms with Crippen molar-refractivity contribution in [1.29, 1.82) is 0 Å². The van der Waals surface area contributed by atoms with Gasteiger partial charge in [0, 0.05) is 45.6 Å². The van der Waals surface area contributed by atoms with Gasteiger partial charge < -0.3 is 20.1 Å². The number of hydrogen-bond acceptors (Lipinski definition) is 4. The highest BCUT2D eigenvalue weighted by Gasteiger charge is 2.33. The number of rotatable bonds is 10. The van der Waals surface area contributed by atoms with E-state index in [1.807, 2.05) is 19.1 Å². The quantitative estimate of drug-likeness (QED) is 0.327. The first-order valence-electron chi connectivity index (χ1n) is 11.0. The molecule has 1 aromatic heterocycles. The third-order valence-corrected chi connectivity index (χ3v) is 5.79. The molecule has 3 rings (SSSR count). The maximum atomic E-state index is 13.1. The molecule has 0 aliphatic heterocycles. The Hall–Kier alpha value is -2.67. The van der Waals surface area contributed by atoms with Crippen LogP contribution in [0.3, 0.4) is 0 Å². The molecule has 0 spiro atoms. The van der Waals surface area contributed by atoms with Crippen LogP contribution in [-0.4, -0.2) is 37.7 Å². The number of hydrogen-bond donors (Lipinski definition) is 2. The first-order valence-corrected chi connectivity index (χ1v) is 11.0. The van der Waals surface area contributed by atoms with Crippen LogP contribution >= 0.6 is 0 Å². The molecule has 1 saturated carbocycles. The summed E-state index contributed by atoms with van der Waals surface area (Å²) in [7, 11) is 1.78. The first-order chi connectivity index (χ1) is 15.1. The maximum absolute atomic E-state index is 13.1. The van der Waals surface area contributed by atoms with E-state index in [0.717, 1.165) is 37.7 Å². The van der Waals surface area contributed by atoms with Gasteiger partial charge in [-0.1, -0.05) is 12.8 Å². The van der Waals surface area contributed by atoms with Crippen LogP contribution in [0.25, 0.3) is 0 Å². The lowest BCUT2D eigenvalue weighted by atomic mass is 9.83. The second-order valence-electron chi connectivity index (χ2n) is 7.99. The number of pyridine rings is 1. The van der Waals surface area contributed by atoms with Crippen molar-refractivity contribution in [2.24, 2.45) is 10.4 Å². The minimum Gasteiger partial charge on any atom is -0.439 e. The average Bonchev–Trinajstić information content (AvgIpc) is 3.25. The van der Waals surface area contributed by atoms with Crippen molar-refractivity contribution in [2.75, 3.05) is 26.8 Å². The second kappa shape index (κ2) is 11.6. The van der Waals surface area contributed by atoms with Crippen molar-refractivity contribution in [3.8, 4) is 11.6 Å². The van der Waals surface area contributed by atoms with E-state index < -0.39 is 0 Å². The predicted molar refractivity (Wildman–Crippen MR) is 121 cm³/mol. The van der Waals surface area contributed by atoms with E-state index in [4.69, 9.17) is 9.47 Å². The minimum atomic E-state index is -0.297. The number of halogens is 1. The Morgan fingerprint density at radius 1 is 1.16 bits per heavy atom. The number of ether oxygens (including phenoxy) is 2. The number of benzene rings is 1. The SMILES string of the molecule is CCOCCC1(CNC(=NC)NCc2ccnc(Oc3ccc(F)cc3)c2)CCCC1. The standard InChI is InChI=1S/C24H33FN4O2/c1-3-30-15-13-24(11-4-5-12-24)18-29-23(26-2)28-17-19-10-14-27-22(16-19)31-21-8-6-20(25)7-9-21/h6-10,14,16H,3-5,11-13,15,17-18H2,1-2H3,(H2,26,28,29). The monoisotopic (exact) mass is 428 g/mol. The van der Waals surface area contributed by atoms with Crippen LogP contribution in [0.4, 0.5) is 4.39 Å². The van der Waals surface area contributed by atoms with Crippen molar-refractivity contribution in [2.45, 2.75) is 45.6 Å². The number of nitrogens with one attached hydrogen (secondary N) is 2. The molecule has 168 valence electrons. The molecule has 2 N–H and O–H groups in total. The molecule has 0 unspecified atom stereocenters. The fourth-order valence-corrected chi connectivity index (χ4v) is 3.99. The molecule has 0 bridgehead atoms. The van der Waals surface area contributed by atoms with Crippen molar-refractivity contribution >= 4 is 5.96 Å². The third-order valence-electron chi connectivity index (χ3n) is 5.79. The van der Waals surface area contributed by atoms with Gasteiger partial charge in [0.1, 0.15) is 11.6 Å². The van der Waals surface area contributed by atoms with Crippen LogP contribution in [-0.2, 0) is 11.3 Å². The van der Waals surface area contributed by atoms with Gasteiger partial charge in [-0.3, -0.25) is 4.99 Å². The van der Waals surface area contributed by atoms with E-state index in [-0.39, 0.29) is 5.82 Å². The summed E-state index contributed by atoms with van der Waals surface area (Å²) in [6, 6.07) is 9.68. The van der Waals surface area contributed by atoms with E-state index in [1.54, 1.807) is 25.4 Å². The van der Waals surface area contributed by atoms with Crippen LogP contribution in [0.5, 0.6) is 11.6 Å². The van der Waals surface area contributed by atoms with Crippen LogP contribution in [0.15, 0.2) is 47.6 Å². The van der Waals surface area contributed by atoms with Crippen molar-refractivity contribution in [3.05, 3.63) is 54.0 Å². The maximum Gasteiger partial charge on any atom is 0.219 e. The predicted octanol–water partition coefficient (Wildman–Crippen LogP) is 4.67. The number of aromatic nitrogens is 1. The molecule has 1 fully saturated rings. The van der Waals surface area contributed by atoms with E-state index in [1.165, 1.54) is 37.8 Å². The molecule has 0 saturated heterocycles. The zero-order chi connectivity index (χ0) is 21.9. The van der Waals surface area contributed by atoms with Gasteiger partial charge in [0.15, 0.2) is 5.96 Å². The van der Waals surface area contributed by atoms with Gasteiger partial charge >= 0.3 is 0 Å². The number of aliphatic imine (C=N–C) groups is 1. The summed E-state index contributed by atoms with van der Waals surface area (Å²) in [6.45, 7) is 5.12. The van der Waals surface area contributed by atoms with Crippen molar-refractivity contribution < 1.29 is 13.9 Å². The molecule has 2 aromatic rings. The fraction of sp³-hybridized carbons (Fsp3) is 0.500. The largest absolute Gasteiger partial charge is 0.439 e. The summed E-state index contributed by atoms with van der Waals surface area (Å²) in [4.78, 5) is 8.61. The highest BCUT2D eigenvalue weighted by atomic mass is 19.1. The summed E-state index contributed by atoms with van der Waals surface area (Å²) in [5, 5.41) is 6.88. The van der Waals surface area contributed by atoms with Gasteiger partial charge in [-0.2, -0.15) is 0 Å². The lowest BCUT2D eigenvalue weighted by molar-refractivity contribution is 0.105.